The molecule has 1 aliphatic heterocycles. The summed E-state index contributed by atoms with van der Waals surface area (Å²) in [5, 5.41) is 8.63. The van der Waals surface area contributed by atoms with Gasteiger partial charge >= 0.3 is 0 Å². The number of carbonyl (C=O) groups excluding carboxylic acids is 1. The van der Waals surface area contributed by atoms with Gasteiger partial charge in [0.25, 0.3) is 5.91 Å². The lowest BCUT2D eigenvalue weighted by Gasteiger charge is -2.31. The molecular weight excluding hydrogens is 410 g/mol. The molecule has 5 nitrogen and oxygen atoms in total. The van der Waals surface area contributed by atoms with E-state index in [1.807, 2.05) is 66.7 Å². The third kappa shape index (κ3) is 4.41. The van der Waals surface area contributed by atoms with E-state index in [0.29, 0.717) is 5.56 Å². The third-order valence-corrected chi connectivity index (χ3v) is 6.16. The topological polar surface area (TPSA) is 53.6 Å². The van der Waals surface area contributed by atoms with Gasteiger partial charge < -0.3 is 20.3 Å². The van der Waals surface area contributed by atoms with Gasteiger partial charge in [-0.25, -0.2) is 0 Å². The van der Waals surface area contributed by atoms with Gasteiger partial charge in [-0.1, -0.05) is 54.6 Å². The lowest BCUT2D eigenvalue weighted by molar-refractivity contribution is 0.102. The van der Waals surface area contributed by atoms with Crippen molar-refractivity contribution < 1.29 is 9.53 Å². The van der Waals surface area contributed by atoms with Crippen LogP contribution in [0.1, 0.15) is 10.4 Å². The van der Waals surface area contributed by atoms with Crippen LogP contribution in [0.3, 0.4) is 0 Å². The quantitative estimate of drug-likeness (QED) is 0.452. The van der Waals surface area contributed by atoms with Crippen molar-refractivity contribution in [2.75, 3.05) is 43.5 Å². The van der Waals surface area contributed by atoms with E-state index in [1.165, 1.54) is 0 Å². The van der Waals surface area contributed by atoms with Crippen LogP contribution in [-0.4, -0.2) is 39.2 Å². The van der Waals surface area contributed by atoms with Crippen LogP contribution in [-0.2, 0) is 0 Å². The number of hydrogen-bond donors (Lipinski definition) is 2. The molecule has 2 N–H and O–H groups in total. The first-order valence-corrected chi connectivity index (χ1v) is 11.3. The number of fused-ring (bicyclic) bond motifs is 1. The molecule has 0 bridgehead atoms. The standard InChI is InChI=1S/C28H27N3O2/c1-33-23-12-9-20(10-13-23)22-11-14-27(31-17-15-29-16-18-31)26(19-22)30-28(32)25-8-4-6-21-5-2-3-7-24(21)25/h2-14,19,29H,15-18H2,1H3,(H,30,32). The summed E-state index contributed by atoms with van der Waals surface area (Å²) in [7, 11) is 1.66. The summed E-state index contributed by atoms with van der Waals surface area (Å²) >= 11 is 0. The van der Waals surface area contributed by atoms with E-state index in [1.54, 1.807) is 7.11 Å². The average Bonchev–Trinajstić information content (AvgIpc) is 2.89. The maximum absolute atomic E-state index is 13.4. The molecule has 4 aromatic carbocycles. The first kappa shape index (κ1) is 21.0. The first-order valence-electron chi connectivity index (χ1n) is 11.3. The number of nitrogens with one attached hydrogen (secondary N) is 2. The van der Waals surface area contributed by atoms with Crippen molar-refractivity contribution in [2.45, 2.75) is 0 Å². The molecule has 0 unspecified atom stereocenters. The molecule has 5 heteroatoms. The number of benzene rings is 4. The number of hydrogen-bond acceptors (Lipinski definition) is 4. The van der Waals surface area contributed by atoms with E-state index in [2.05, 4.69) is 33.7 Å². The fourth-order valence-corrected chi connectivity index (χ4v) is 4.39. The summed E-state index contributed by atoms with van der Waals surface area (Å²) in [5.74, 6) is 0.718. The highest BCUT2D eigenvalue weighted by Crippen LogP contribution is 2.33. The Morgan fingerprint density at radius 1 is 0.879 bits per heavy atom. The van der Waals surface area contributed by atoms with Crippen molar-refractivity contribution >= 4 is 28.1 Å². The van der Waals surface area contributed by atoms with Crippen LogP contribution in [0.2, 0.25) is 0 Å². The van der Waals surface area contributed by atoms with Crippen molar-refractivity contribution in [3.8, 4) is 16.9 Å². The largest absolute Gasteiger partial charge is 0.497 e. The Hall–Kier alpha value is -3.83. The van der Waals surface area contributed by atoms with Crippen LogP contribution in [0, 0.1) is 0 Å². The summed E-state index contributed by atoms with van der Waals surface area (Å²) in [6.45, 7) is 3.66. The SMILES string of the molecule is COc1ccc(-c2ccc(N3CCNCC3)c(NC(=O)c3cccc4ccccc34)c2)cc1. The fraction of sp³-hybridized carbons (Fsp3) is 0.179. The molecule has 1 heterocycles. The highest BCUT2D eigenvalue weighted by atomic mass is 16.5. The maximum atomic E-state index is 13.4. The second-order valence-electron chi connectivity index (χ2n) is 8.18. The Kier molecular flexibility index (Phi) is 5.96. The predicted octanol–water partition coefficient (Wildman–Crippen LogP) is 5.18. The number of piperazine rings is 1. The number of amides is 1. The van der Waals surface area contributed by atoms with E-state index in [4.69, 9.17) is 4.74 Å². The minimum atomic E-state index is -0.102. The van der Waals surface area contributed by atoms with Gasteiger partial charge in [-0.3, -0.25) is 4.79 Å². The lowest BCUT2D eigenvalue weighted by atomic mass is 10.0. The van der Waals surface area contributed by atoms with Crippen LogP contribution in [0.15, 0.2) is 84.9 Å². The van der Waals surface area contributed by atoms with E-state index in [0.717, 1.165) is 65.2 Å². The molecule has 1 fully saturated rings. The number of ether oxygens (including phenoxy) is 1. The van der Waals surface area contributed by atoms with Crippen LogP contribution in [0.5, 0.6) is 5.75 Å². The molecular formula is C28H27N3O2. The molecule has 1 aliphatic rings. The van der Waals surface area contributed by atoms with Crippen LogP contribution >= 0.6 is 0 Å². The van der Waals surface area contributed by atoms with E-state index < -0.39 is 0 Å². The molecule has 1 amide bonds. The molecule has 0 aliphatic carbocycles. The van der Waals surface area contributed by atoms with E-state index in [9.17, 15) is 4.79 Å². The minimum Gasteiger partial charge on any atom is -0.497 e. The van der Waals surface area contributed by atoms with Crippen molar-refractivity contribution in [3.63, 3.8) is 0 Å². The second kappa shape index (κ2) is 9.35. The van der Waals surface area contributed by atoms with Crippen molar-refractivity contribution in [1.29, 1.82) is 0 Å². The van der Waals surface area contributed by atoms with Gasteiger partial charge in [0, 0.05) is 31.7 Å². The molecule has 166 valence electrons. The molecule has 0 atom stereocenters. The smallest absolute Gasteiger partial charge is 0.256 e. The number of rotatable bonds is 5. The van der Waals surface area contributed by atoms with E-state index >= 15 is 0 Å². The Bertz CT molecular complexity index is 1270. The number of carbonyl (C=O) groups is 1. The summed E-state index contributed by atoms with van der Waals surface area (Å²) in [5.41, 5.74) is 4.66. The predicted molar refractivity (Wildman–Crippen MR) is 135 cm³/mol. The zero-order chi connectivity index (χ0) is 22.6. The van der Waals surface area contributed by atoms with Crippen LogP contribution < -0.4 is 20.3 Å². The van der Waals surface area contributed by atoms with Crippen molar-refractivity contribution in [1.82, 2.24) is 5.32 Å². The highest BCUT2D eigenvalue weighted by Gasteiger charge is 2.18. The van der Waals surface area contributed by atoms with Gasteiger partial charge in [0.2, 0.25) is 0 Å². The molecule has 0 radical (unpaired) electrons. The maximum Gasteiger partial charge on any atom is 0.256 e. The van der Waals surface area contributed by atoms with Gasteiger partial charge in [-0.05, 0) is 52.2 Å². The molecule has 0 saturated carbocycles. The number of nitrogens with zero attached hydrogens (tertiary/aromatic N) is 1. The fourth-order valence-electron chi connectivity index (χ4n) is 4.39. The second-order valence-corrected chi connectivity index (χ2v) is 8.18. The van der Waals surface area contributed by atoms with Crippen molar-refractivity contribution in [3.05, 3.63) is 90.5 Å². The van der Waals surface area contributed by atoms with E-state index in [-0.39, 0.29) is 5.91 Å². The number of anilines is 2. The Labute approximate surface area is 194 Å². The summed E-state index contributed by atoms with van der Waals surface area (Å²) in [6, 6.07) is 28.1. The molecule has 0 aromatic heterocycles. The molecule has 0 spiro atoms. The van der Waals surface area contributed by atoms with Crippen molar-refractivity contribution in [2.24, 2.45) is 0 Å². The highest BCUT2D eigenvalue weighted by molar-refractivity contribution is 6.14. The number of methoxy groups -OCH3 is 1. The normalized spacial score (nSPS) is 13.7. The van der Waals surface area contributed by atoms with Gasteiger partial charge in [0.15, 0.2) is 0 Å². The summed E-state index contributed by atoms with van der Waals surface area (Å²) in [6.07, 6.45) is 0. The Morgan fingerprint density at radius 3 is 2.39 bits per heavy atom. The summed E-state index contributed by atoms with van der Waals surface area (Å²) < 4.78 is 5.29. The monoisotopic (exact) mass is 437 g/mol. The Morgan fingerprint density at radius 2 is 1.61 bits per heavy atom. The Balaban J connectivity index is 1.53. The lowest BCUT2D eigenvalue weighted by Crippen LogP contribution is -2.43. The third-order valence-electron chi connectivity index (χ3n) is 6.16. The minimum absolute atomic E-state index is 0.102. The van der Waals surface area contributed by atoms with Gasteiger partial charge in [-0.15, -0.1) is 0 Å². The molecule has 1 saturated heterocycles. The van der Waals surface area contributed by atoms with Gasteiger partial charge in [0.1, 0.15) is 5.75 Å². The van der Waals surface area contributed by atoms with Crippen LogP contribution in [0.4, 0.5) is 11.4 Å². The zero-order valence-corrected chi connectivity index (χ0v) is 18.7. The molecule has 5 rings (SSSR count). The molecule has 33 heavy (non-hydrogen) atoms. The van der Waals surface area contributed by atoms with Gasteiger partial charge in [-0.2, -0.15) is 0 Å². The van der Waals surface area contributed by atoms with Gasteiger partial charge in [0.05, 0.1) is 18.5 Å². The van der Waals surface area contributed by atoms with Crippen LogP contribution in [0.25, 0.3) is 21.9 Å². The summed E-state index contributed by atoms with van der Waals surface area (Å²) in [4.78, 5) is 15.8. The first-order chi connectivity index (χ1) is 16.2. The average molecular weight is 438 g/mol. The zero-order valence-electron chi connectivity index (χ0n) is 18.7. The molecule has 4 aromatic rings.